The Bertz CT molecular complexity index is 954. The molecule has 2 aromatic carbocycles. The summed E-state index contributed by atoms with van der Waals surface area (Å²) in [6.45, 7) is 24.8. The lowest BCUT2D eigenvalue weighted by Crippen LogP contribution is -2.18. The van der Waals surface area contributed by atoms with Crippen molar-refractivity contribution in [2.75, 3.05) is 0 Å². The molecule has 2 rings (SSSR count). The number of aryl methyl sites for hydroxylation is 3. The van der Waals surface area contributed by atoms with E-state index in [0.717, 1.165) is 24.0 Å². The molecule has 1 heteroatoms. The molecule has 2 aromatic rings. The predicted octanol–water partition coefficient (Wildman–Crippen LogP) is 10.3. The van der Waals surface area contributed by atoms with Gasteiger partial charge in [-0.3, -0.25) is 0 Å². The van der Waals surface area contributed by atoms with Crippen LogP contribution in [0.25, 0.3) is 0 Å². The van der Waals surface area contributed by atoms with Gasteiger partial charge in [0.05, 0.1) is 0 Å². The minimum atomic E-state index is -0.0525. The Morgan fingerprint density at radius 3 is 1.31 bits per heavy atom. The van der Waals surface area contributed by atoms with E-state index in [2.05, 4.69) is 100 Å². The second-order valence-corrected chi connectivity index (χ2v) is 14.2. The monoisotopic (exact) mass is 492 g/mol. The van der Waals surface area contributed by atoms with Gasteiger partial charge in [-0.05, 0) is 94.2 Å². The Hall–Kier alpha value is -1.76. The first kappa shape index (κ1) is 30.5. The number of hydrogen-bond donors (Lipinski definition) is 1. The van der Waals surface area contributed by atoms with Crippen molar-refractivity contribution < 1.29 is 5.11 Å². The summed E-state index contributed by atoms with van der Waals surface area (Å²) in [5, 5.41) is 11.0. The number of phenolic OH excluding ortho intramolecular Hbond substituents is 1. The van der Waals surface area contributed by atoms with Gasteiger partial charge in [0.15, 0.2) is 0 Å². The van der Waals surface area contributed by atoms with Crippen molar-refractivity contribution in [1.29, 1.82) is 0 Å². The van der Waals surface area contributed by atoms with Gasteiger partial charge in [-0.2, -0.15) is 0 Å². The van der Waals surface area contributed by atoms with E-state index >= 15 is 0 Å². The van der Waals surface area contributed by atoms with Crippen LogP contribution in [0, 0.1) is 6.92 Å². The fourth-order valence-corrected chi connectivity index (χ4v) is 5.48. The van der Waals surface area contributed by atoms with Gasteiger partial charge in [-0.15, -0.1) is 0 Å². The number of phenols is 1. The van der Waals surface area contributed by atoms with E-state index in [9.17, 15) is 5.11 Å². The van der Waals surface area contributed by atoms with Crippen molar-refractivity contribution in [1.82, 2.24) is 0 Å². The van der Waals surface area contributed by atoms with E-state index in [1.807, 2.05) is 0 Å². The molecule has 0 unspecified atom stereocenters. The highest BCUT2D eigenvalue weighted by Gasteiger charge is 2.26. The molecule has 202 valence electrons. The summed E-state index contributed by atoms with van der Waals surface area (Å²) < 4.78 is 0. The third-order valence-corrected chi connectivity index (χ3v) is 7.73. The van der Waals surface area contributed by atoms with Gasteiger partial charge in [-0.1, -0.05) is 119 Å². The zero-order valence-electron chi connectivity index (χ0n) is 25.6. The van der Waals surface area contributed by atoms with Gasteiger partial charge in [-0.25, -0.2) is 0 Å². The molecular formula is C35H56O. The number of unbranched alkanes of at least 4 members (excludes halogenated alkanes) is 5. The van der Waals surface area contributed by atoms with Crippen LogP contribution in [0.2, 0.25) is 0 Å². The SMILES string of the molecule is CCc1cc(CCCCCCCCc2cc(C(C)(C)C)c(O)c(C(C)(C)C)c2)cc(C(C)(C)C)c1C. The van der Waals surface area contributed by atoms with Gasteiger partial charge >= 0.3 is 0 Å². The predicted molar refractivity (Wildman–Crippen MR) is 160 cm³/mol. The molecule has 0 atom stereocenters. The summed E-state index contributed by atoms with van der Waals surface area (Å²) in [5.41, 5.74) is 9.72. The molecule has 0 bridgehead atoms. The van der Waals surface area contributed by atoms with E-state index in [1.165, 1.54) is 72.8 Å². The average molecular weight is 493 g/mol. The van der Waals surface area contributed by atoms with Crippen molar-refractivity contribution >= 4 is 0 Å². The number of rotatable bonds is 10. The minimum absolute atomic E-state index is 0.0525. The van der Waals surface area contributed by atoms with Crippen LogP contribution in [0.3, 0.4) is 0 Å². The van der Waals surface area contributed by atoms with Crippen molar-refractivity contribution in [3.8, 4) is 5.75 Å². The van der Waals surface area contributed by atoms with Crippen molar-refractivity contribution in [2.45, 2.75) is 150 Å². The van der Waals surface area contributed by atoms with Crippen LogP contribution in [0.5, 0.6) is 5.75 Å². The van der Waals surface area contributed by atoms with Gasteiger partial charge in [0.25, 0.3) is 0 Å². The summed E-state index contributed by atoms with van der Waals surface area (Å²) in [5.74, 6) is 0.494. The molecule has 0 spiro atoms. The molecule has 0 heterocycles. The third-order valence-electron chi connectivity index (χ3n) is 7.73. The Morgan fingerprint density at radius 1 is 0.556 bits per heavy atom. The highest BCUT2D eigenvalue weighted by atomic mass is 16.3. The van der Waals surface area contributed by atoms with E-state index in [4.69, 9.17) is 0 Å². The second kappa shape index (κ2) is 12.2. The lowest BCUT2D eigenvalue weighted by molar-refractivity contribution is 0.422. The Morgan fingerprint density at radius 2 is 0.917 bits per heavy atom. The van der Waals surface area contributed by atoms with Crippen LogP contribution in [-0.2, 0) is 35.5 Å². The summed E-state index contributed by atoms with van der Waals surface area (Å²) >= 11 is 0. The molecule has 0 saturated heterocycles. The topological polar surface area (TPSA) is 20.2 Å². The van der Waals surface area contributed by atoms with E-state index in [1.54, 1.807) is 0 Å². The standard InChI is InChI=1S/C35H56O/c1-12-28-21-26(22-29(25(28)2)33(3,4)5)19-17-15-13-14-16-18-20-27-23-30(34(6,7)8)32(36)31(24-27)35(9,10)11/h21-24,36H,12-20H2,1-11H3. The first-order valence-corrected chi connectivity index (χ1v) is 14.6. The molecule has 1 nitrogen and oxygen atoms in total. The van der Waals surface area contributed by atoms with Gasteiger partial charge in [0, 0.05) is 0 Å². The molecule has 0 radical (unpaired) electrons. The normalized spacial score (nSPS) is 12.9. The van der Waals surface area contributed by atoms with Crippen molar-refractivity contribution in [3.05, 3.63) is 63.2 Å². The molecule has 1 N–H and O–H groups in total. The highest BCUT2D eigenvalue weighted by Crippen LogP contribution is 2.40. The Balaban J connectivity index is 1.85. The van der Waals surface area contributed by atoms with Gasteiger partial charge in [0.1, 0.15) is 5.75 Å². The molecule has 0 aliphatic heterocycles. The maximum Gasteiger partial charge on any atom is 0.123 e. The molecule has 0 aliphatic carbocycles. The van der Waals surface area contributed by atoms with Crippen molar-refractivity contribution in [3.63, 3.8) is 0 Å². The number of benzene rings is 2. The summed E-state index contributed by atoms with van der Waals surface area (Å²) in [4.78, 5) is 0. The zero-order chi connectivity index (χ0) is 27.3. The molecule has 0 saturated carbocycles. The summed E-state index contributed by atoms with van der Waals surface area (Å²) in [6, 6.07) is 9.44. The summed E-state index contributed by atoms with van der Waals surface area (Å²) in [7, 11) is 0. The molecule has 0 aliphatic rings. The van der Waals surface area contributed by atoms with Crippen LogP contribution in [-0.4, -0.2) is 5.11 Å². The second-order valence-electron chi connectivity index (χ2n) is 14.2. The van der Waals surface area contributed by atoms with E-state index < -0.39 is 0 Å². The molecule has 0 amide bonds. The Labute approximate surface area is 224 Å². The lowest BCUT2D eigenvalue weighted by Gasteiger charge is -2.28. The first-order chi connectivity index (χ1) is 16.6. The van der Waals surface area contributed by atoms with Crippen LogP contribution in [0.15, 0.2) is 24.3 Å². The van der Waals surface area contributed by atoms with Gasteiger partial charge in [0.2, 0.25) is 0 Å². The number of aromatic hydroxyl groups is 1. The molecular weight excluding hydrogens is 436 g/mol. The van der Waals surface area contributed by atoms with Crippen LogP contribution in [0.1, 0.15) is 147 Å². The largest absolute Gasteiger partial charge is 0.507 e. The van der Waals surface area contributed by atoms with E-state index in [-0.39, 0.29) is 16.2 Å². The average Bonchev–Trinajstić information content (AvgIpc) is 2.74. The lowest BCUT2D eigenvalue weighted by atomic mass is 9.78. The third kappa shape index (κ3) is 8.39. The minimum Gasteiger partial charge on any atom is -0.507 e. The first-order valence-electron chi connectivity index (χ1n) is 14.6. The maximum absolute atomic E-state index is 11.0. The van der Waals surface area contributed by atoms with Crippen LogP contribution in [0.4, 0.5) is 0 Å². The highest BCUT2D eigenvalue weighted by molar-refractivity contribution is 5.50. The van der Waals surface area contributed by atoms with E-state index in [0.29, 0.717) is 5.75 Å². The smallest absolute Gasteiger partial charge is 0.123 e. The van der Waals surface area contributed by atoms with Crippen LogP contribution >= 0.6 is 0 Å². The molecule has 0 aromatic heterocycles. The summed E-state index contributed by atoms with van der Waals surface area (Å²) in [6.07, 6.45) is 11.2. The molecule has 0 fully saturated rings. The fraction of sp³-hybridized carbons (Fsp3) is 0.657. The van der Waals surface area contributed by atoms with Gasteiger partial charge < -0.3 is 5.11 Å². The fourth-order valence-electron chi connectivity index (χ4n) is 5.48. The number of hydrogen-bond acceptors (Lipinski definition) is 1. The maximum atomic E-state index is 11.0. The van der Waals surface area contributed by atoms with Crippen LogP contribution < -0.4 is 0 Å². The zero-order valence-corrected chi connectivity index (χ0v) is 25.6. The molecule has 36 heavy (non-hydrogen) atoms. The van der Waals surface area contributed by atoms with Crippen molar-refractivity contribution in [2.24, 2.45) is 0 Å². The quantitative estimate of drug-likeness (QED) is 0.327. The Kier molecular flexibility index (Phi) is 10.3.